The Hall–Kier alpha value is -2.30. The van der Waals surface area contributed by atoms with E-state index in [1.807, 2.05) is 19.1 Å². The maximum Gasteiger partial charge on any atom is 0.334 e. The summed E-state index contributed by atoms with van der Waals surface area (Å²) in [6, 6.07) is 5.46. The summed E-state index contributed by atoms with van der Waals surface area (Å²) in [4.78, 5) is 22.6. The zero-order valence-corrected chi connectivity index (χ0v) is 11.8. The number of aliphatic carboxylic acids is 1. The normalized spacial score (nSPS) is 11.1. The molecule has 0 unspecified atom stereocenters. The minimum atomic E-state index is -1.09. The van der Waals surface area contributed by atoms with E-state index in [1.54, 1.807) is 13.0 Å². The first-order valence-electron chi connectivity index (χ1n) is 6.22. The zero-order chi connectivity index (χ0) is 15.1. The number of rotatable bonds is 6. The summed E-state index contributed by atoms with van der Waals surface area (Å²) in [5.41, 5.74) is 1.72. The van der Waals surface area contributed by atoms with Crippen molar-refractivity contribution in [3.63, 3.8) is 0 Å². The van der Waals surface area contributed by atoms with Crippen LogP contribution in [-0.4, -0.2) is 30.8 Å². The van der Waals surface area contributed by atoms with Crippen LogP contribution in [-0.2, 0) is 14.3 Å². The van der Waals surface area contributed by atoms with Crippen molar-refractivity contribution in [2.24, 2.45) is 0 Å². The molecule has 1 N–H and O–H groups in total. The molecule has 0 spiro atoms. The summed E-state index contributed by atoms with van der Waals surface area (Å²) < 4.78 is 10.1. The van der Waals surface area contributed by atoms with E-state index in [2.05, 4.69) is 0 Å². The smallest absolute Gasteiger partial charge is 0.334 e. The quantitative estimate of drug-likeness (QED) is 0.639. The third kappa shape index (κ3) is 4.42. The van der Waals surface area contributed by atoms with Gasteiger partial charge in [-0.2, -0.15) is 0 Å². The largest absolute Gasteiger partial charge is 0.496 e. The average molecular weight is 278 g/mol. The monoisotopic (exact) mass is 278 g/mol. The highest BCUT2D eigenvalue weighted by Crippen LogP contribution is 2.23. The molecule has 0 aromatic heterocycles. The topological polar surface area (TPSA) is 72.8 Å². The van der Waals surface area contributed by atoms with E-state index >= 15 is 0 Å². The average Bonchev–Trinajstić information content (AvgIpc) is 2.38. The summed E-state index contributed by atoms with van der Waals surface area (Å²) in [5, 5.41) is 8.88. The van der Waals surface area contributed by atoms with Gasteiger partial charge in [0.1, 0.15) is 5.75 Å². The van der Waals surface area contributed by atoms with Crippen molar-refractivity contribution in [2.75, 3.05) is 13.7 Å². The van der Waals surface area contributed by atoms with Gasteiger partial charge in [0.15, 0.2) is 0 Å². The van der Waals surface area contributed by atoms with Gasteiger partial charge in [0, 0.05) is 11.1 Å². The van der Waals surface area contributed by atoms with Crippen LogP contribution in [0.15, 0.2) is 23.8 Å². The Kier molecular flexibility index (Phi) is 5.77. The minimum Gasteiger partial charge on any atom is -0.496 e. The van der Waals surface area contributed by atoms with Crippen LogP contribution in [0.25, 0.3) is 6.08 Å². The summed E-state index contributed by atoms with van der Waals surface area (Å²) in [7, 11) is 1.52. The molecule has 0 fully saturated rings. The summed E-state index contributed by atoms with van der Waals surface area (Å²) >= 11 is 0. The first-order valence-corrected chi connectivity index (χ1v) is 6.22. The lowest BCUT2D eigenvalue weighted by Crippen LogP contribution is -2.11. The lowest BCUT2D eigenvalue weighted by molar-refractivity contribution is -0.142. The molecule has 0 aliphatic carbocycles. The number of hydrogen-bond donors (Lipinski definition) is 1. The van der Waals surface area contributed by atoms with Crippen LogP contribution in [0.5, 0.6) is 5.75 Å². The molecule has 1 rings (SSSR count). The van der Waals surface area contributed by atoms with Gasteiger partial charge in [-0.3, -0.25) is 4.79 Å². The van der Waals surface area contributed by atoms with Gasteiger partial charge < -0.3 is 14.6 Å². The molecule has 0 aliphatic heterocycles. The van der Waals surface area contributed by atoms with Crippen molar-refractivity contribution < 1.29 is 24.2 Å². The van der Waals surface area contributed by atoms with Gasteiger partial charge in [-0.05, 0) is 32.1 Å². The van der Waals surface area contributed by atoms with Gasteiger partial charge in [0.05, 0.1) is 20.1 Å². The third-order valence-corrected chi connectivity index (χ3v) is 2.59. The third-order valence-electron chi connectivity index (χ3n) is 2.59. The van der Waals surface area contributed by atoms with Crippen molar-refractivity contribution in [2.45, 2.75) is 20.3 Å². The zero-order valence-electron chi connectivity index (χ0n) is 11.8. The highest BCUT2D eigenvalue weighted by Gasteiger charge is 2.15. The van der Waals surface area contributed by atoms with Crippen LogP contribution in [0.2, 0.25) is 0 Å². The number of benzene rings is 1. The highest BCUT2D eigenvalue weighted by molar-refractivity contribution is 5.98. The number of ether oxygens (including phenoxy) is 2. The van der Waals surface area contributed by atoms with Crippen LogP contribution in [0, 0.1) is 6.92 Å². The Labute approximate surface area is 117 Å². The van der Waals surface area contributed by atoms with Crippen molar-refractivity contribution in [1.29, 1.82) is 0 Å². The first kappa shape index (κ1) is 15.8. The standard InChI is InChI=1S/C15H18O5/c1-4-20-15(18)12(9-14(16)17)8-11-7-10(2)5-6-13(11)19-3/h5-8H,4,9H2,1-3H3,(H,16,17). The Morgan fingerprint density at radius 1 is 1.35 bits per heavy atom. The highest BCUT2D eigenvalue weighted by atomic mass is 16.5. The number of carbonyl (C=O) groups excluding carboxylic acids is 1. The molecule has 0 saturated heterocycles. The number of methoxy groups -OCH3 is 1. The molecule has 0 amide bonds. The Balaban J connectivity index is 3.21. The summed E-state index contributed by atoms with van der Waals surface area (Å²) in [5.74, 6) is -1.14. The van der Waals surface area contributed by atoms with E-state index in [4.69, 9.17) is 14.6 Å². The van der Waals surface area contributed by atoms with Gasteiger partial charge in [-0.15, -0.1) is 0 Å². The van der Waals surface area contributed by atoms with Gasteiger partial charge in [0.2, 0.25) is 0 Å². The van der Waals surface area contributed by atoms with Gasteiger partial charge in [-0.1, -0.05) is 11.6 Å². The molecule has 108 valence electrons. The number of esters is 1. The van der Waals surface area contributed by atoms with E-state index in [-0.39, 0.29) is 12.2 Å². The van der Waals surface area contributed by atoms with Gasteiger partial charge in [-0.25, -0.2) is 4.79 Å². The van der Waals surface area contributed by atoms with Crippen LogP contribution in [0.4, 0.5) is 0 Å². The van der Waals surface area contributed by atoms with E-state index in [0.29, 0.717) is 11.3 Å². The summed E-state index contributed by atoms with van der Waals surface area (Å²) in [6.07, 6.45) is 1.11. The molecular formula is C15H18O5. The number of hydrogen-bond acceptors (Lipinski definition) is 4. The second-order valence-corrected chi connectivity index (χ2v) is 4.21. The van der Waals surface area contributed by atoms with Gasteiger partial charge >= 0.3 is 11.9 Å². The van der Waals surface area contributed by atoms with Crippen LogP contribution in [0.3, 0.4) is 0 Å². The second kappa shape index (κ2) is 7.33. The lowest BCUT2D eigenvalue weighted by atomic mass is 10.1. The fraction of sp³-hybridized carbons (Fsp3) is 0.333. The molecule has 0 radical (unpaired) electrons. The minimum absolute atomic E-state index is 0.0863. The first-order chi connectivity index (χ1) is 9.47. The molecule has 0 bridgehead atoms. The molecule has 1 aromatic rings. The molecule has 0 aliphatic rings. The van der Waals surface area contributed by atoms with Gasteiger partial charge in [0.25, 0.3) is 0 Å². The second-order valence-electron chi connectivity index (χ2n) is 4.21. The number of aryl methyl sites for hydroxylation is 1. The van der Waals surface area contributed by atoms with E-state index < -0.39 is 18.4 Å². The predicted molar refractivity (Wildman–Crippen MR) is 74.6 cm³/mol. The van der Waals surface area contributed by atoms with Crippen LogP contribution < -0.4 is 4.74 Å². The Morgan fingerprint density at radius 3 is 2.60 bits per heavy atom. The fourth-order valence-electron chi connectivity index (χ4n) is 1.72. The molecule has 5 heteroatoms. The van der Waals surface area contributed by atoms with E-state index in [1.165, 1.54) is 13.2 Å². The molecule has 0 atom stereocenters. The lowest BCUT2D eigenvalue weighted by Gasteiger charge is -2.09. The van der Waals surface area contributed by atoms with E-state index in [9.17, 15) is 9.59 Å². The fourth-order valence-corrected chi connectivity index (χ4v) is 1.72. The summed E-state index contributed by atoms with van der Waals surface area (Å²) in [6.45, 7) is 3.77. The van der Waals surface area contributed by atoms with Crippen molar-refractivity contribution >= 4 is 18.0 Å². The van der Waals surface area contributed by atoms with Crippen molar-refractivity contribution in [3.8, 4) is 5.75 Å². The molecule has 5 nitrogen and oxygen atoms in total. The maximum atomic E-state index is 11.8. The SMILES string of the molecule is CCOC(=O)C(=Cc1cc(C)ccc1OC)CC(=O)O. The van der Waals surface area contributed by atoms with E-state index in [0.717, 1.165) is 5.56 Å². The Bertz CT molecular complexity index is 531. The predicted octanol–water partition coefficient (Wildman–Crippen LogP) is 2.42. The van der Waals surface area contributed by atoms with Crippen molar-refractivity contribution in [1.82, 2.24) is 0 Å². The molecule has 0 heterocycles. The molecule has 1 aromatic carbocycles. The van der Waals surface area contributed by atoms with Crippen LogP contribution in [0.1, 0.15) is 24.5 Å². The van der Waals surface area contributed by atoms with Crippen molar-refractivity contribution in [3.05, 3.63) is 34.9 Å². The molecular weight excluding hydrogens is 260 g/mol. The number of carbonyl (C=O) groups is 2. The Morgan fingerprint density at radius 2 is 2.05 bits per heavy atom. The maximum absolute atomic E-state index is 11.8. The number of carboxylic acid groups (broad SMARTS) is 1. The van der Waals surface area contributed by atoms with Crippen LogP contribution >= 0.6 is 0 Å². The molecule has 0 saturated carbocycles. The number of carboxylic acids is 1. The molecule has 20 heavy (non-hydrogen) atoms.